The molecular weight excluding hydrogens is 250 g/mol. The number of carbonyl (C=O) groups excluding carboxylic acids is 2. The minimum atomic E-state index is 0.0138. The quantitative estimate of drug-likeness (QED) is 0.782. The topological polar surface area (TPSA) is 37.4 Å². The molecule has 0 aromatic heterocycles. The van der Waals surface area contributed by atoms with Crippen molar-refractivity contribution in [3.05, 3.63) is 65.2 Å². The average Bonchev–Trinajstić information content (AvgIpc) is 2.90. The molecule has 3 nitrogen and oxygen atoms in total. The predicted molar refractivity (Wildman–Crippen MR) is 78.3 cm³/mol. The van der Waals surface area contributed by atoms with E-state index in [-0.39, 0.29) is 11.7 Å². The molecule has 1 aliphatic rings. The molecule has 2 aromatic carbocycles. The first kappa shape index (κ1) is 12.6. The van der Waals surface area contributed by atoms with Crippen molar-refractivity contribution < 1.29 is 9.59 Å². The summed E-state index contributed by atoms with van der Waals surface area (Å²) in [6, 6.07) is 14.8. The van der Waals surface area contributed by atoms with E-state index >= 15 is 0 Å². The van der Waals surface area contributed by atoms with E-state index in [0.717, 1.165) is 17.7 Å². The summed E-state index contributed by atoms with van der Waals surface area (Å²) < 4.78 is 0. The second-order valence-corrected chi connectivity index (χ2v) is 4.97. The Balaban J connectivity index is 1.94. The van der Waals surface area contributed by atoms with Crippen molar-refractivity contribution in [1.29, 1.82) is 0 Å². The van der Waals surface area contributed by atoms with Gasteiger partial charge in [0.2, 0.25) is 0 Å². The van der Waals surface area contributed by atoms with Crippen molar-refractivity contribution in [3.8, 4) is 0 Å². The third-order valence-corrected chi connectivity index (χ3v) is 3.65. The van der Waals surface area contributed by atoms with E-state index < -0.39 is 0 Å². The van der Waals surface area contributed by atoms with Gasteiger partial charge in [-0.3, -0.25) is 9.59 Å². The van der Waals surface area contributed by atoms with Gasteiger partial charge in [-0.15, -0.1) is 0 Å². The minimum absolute atomic E-state index is 0.0138. The van der Waals surface area contributed by atoms with E-state index in [1.54, 1.807) is 17.9 Å². The maximum atomic E-state index is 12.5. The van der Waals surface area contributed by atoms with Gasteiger partial charge < -0.3 is 4.90 Å². The van der Waals surface area contributed by atoms with Gasteiger partial charge in [0.15, 0.2) is 5.78 Å². The zero-order valence-corrected chi connectivity index (χ0v) is 11.3. The van der Waals surface area contributed by atoms with Crippen LogP contribution in [0.5, 0.6) is 0 Å². The summed E-state index contributed by atoms with van der Waals surface area (Å²) in [5.74, 6) is 0.0700. The van der Waals surface area contributed by atoms with Crippen LogP contribution in [0.4, 0.5) is 5.69 Å². The SMILES string of the molecule is CC(=O)c1ccc2c(c1)CCN2C(=O)c1ccccc1. The Morgan fingerprint density at radius 3 is 2.45 bits per heavy atom. The molecule has 0 radical (unpaired) electrons. The van der Waals surface area contributed by atoms with Crippen LogP contribution in [0.25, 0.3) is 0 Å². The highest BCUT2D eigenvalue weighted by atomic mass is 16.2. The van der Waals surface area contributed by atoms with Gasteiger partial charge in [-0.05, 0) is 49.2 Å². The fourth-order valence-electron chi connectivity index (χ4n) is 2.57. The highest BCUT2D eigenvalue weighted by Crippen LogP contribution is 2.30. The Morgan fingerprint density at radius 1 is 1.00 bits per heavy atom. The van der Waals surface area contributed by atoms with Gasteiger partial charge in [0.05, 0.1) is 0 Å². The van der Waals surface area contributed by atoms with E-state index in [4.69, 9.17) is 0 Å². The molecule has 1 amide bonds. The van der Waals surface area contributed by atoms with Crippen LogP contribution in [0, 0.1) is 0 Å². The molecule has 0 spiro atoms. The number of amides is 1. The Kier molecular flexibility index (Phi) is 3.11. The van der Waals surface area contributed by atoms with Crippen molar-refractivity contribution in [1.82, 2.24) is 0 Å². The molecular formula is C17H15NO2. The monoisotopic (exact) mass is 265 g/mol. The van der Waals surface area contributed by atoms with E-state index in [9.17, 15) is 9.59 Å². The number of benzene rings is 2. The maximum Gasteiger partial charge on any atom is 0.258 e. The lowest BCUT2D eigenvalue weighted by atomic mass is 10.1. The van der Waals surface area contributed by atoms with Crippen molar-refractivity contribution in [2.24, 2.45) is 0 Å². The smallest absolute Gasteiger partial charge is 0.258 e. The first-order valence-electron chi connectivity index (χ1n) is 6.67. The Labute approximate surface area is 117 Å². The van der Waals surface area contributed by atoms with Crippen molar-refractivity contribution in [2.75, 3.05) is 11.4 Å². The average molecular weight is 265 g/mol. The number of nitrogens with zero attached hydrogens (tertiary/aromatic N) is 1. The van der Waals surface area contributed by atoms with E-state index in [2.05, 4.69) is 0 Å². The molecule has 1 heterocycles. The number of fused-ring (bicyclic) bond motifs is 1. The van der Waals surface area contributed by atoms with Gasteiger partial charge in [-0.25, -0.2) is 0 Å². The van der Waals surface area contributed by atoms with Gasteiger partial charge in [-0.1, -0.05) is 18.2 Å². The molecule has 0 fully saturated rings. The van der Waals surface area contributed by atoms with Crippen LogP contribution in [0.3, 0.4) is 0 Å². The van der Waals surface area contributed by atoms with Crippen LogP contribution in [0.2, 0.25) is 0 Å². The normalized spacial score (nSPS) is 13.2. The summed E-state index contributed by atoms with van der Waals surface area (Å²) in [5, 5.41) is 0. The lowest BCUT2D eigenvalue weighted by Gasteiger charge is -2.17. The highest BCUT2D eigenvalue weighted by molar-refractivity contribution is 6.07. The zero-order valence-electron chi connectivity index (χ0n) is 11.3. The van der Waals surface area contributed by atoms with Crippen molar-refractivity contribution in [3.63, 3.8) is 0 Å². The van der Waals surface area contributed by atoms with E-state index in [1.807, 2.05) is 42.5 Å². The molecule has 3 rings (SSSR count). The molecule has 3 heteroatoms. The molecule has 0 unspecified atom stereocenters. The van der Waals surface area contributed by atoms with Gasteiger partial charge in [-0.2, -0.15) is 0 Å². The van der Waals surface area contributed by atoms with Crippen LogP contribution in [-0.2, 0) is 6.42 Å². The number of Topliss-reactive ketones (excluding diaryl/α,β-unsaturated/α-hetero) is 1. The Bertz CT molecular complexity index is 677. The fraction of sp³-hybridized carbons (Fsp3) is 0.176. The summed E-state index contributed by atoms with van der Waals surface area (Å²) in [5.41, 5.74) is 3.39. The third kappa shape index (κ3) is 2.11. The van der Waals surface area contributed by atoms with Crippen molar-refractivity contribution in [2.45, 2.75) is 13.3 Å². The second-order valence-electron chi connectivity index (χ2n) is 4.97. The third-order valence-electron chi connectivity index (χ3n) is 3.65. The number of hydrogen-bond donors (Lipinski definition) is 0. The number of rotatable bonds is 2. The summed E-state index contributed by atoms with van der Waals surface area (Å²) >= 11 is 0. The summed E-state index contributed by atoms with van der Waals surface area (Å²) in [4.78, 5) is 25.7. The van der Waals surface area contributed by atoms with E-state index in [0.29, 0.717) is 17.7 Å². The lowest BCUT2D eigenvalue weighted by molar-refractivity contribution is 0.0987. The fourth-order valence-corrected chi connectivity index (χ4v) is 2.57. The van der Waals surface area contributed by atoms with Crippen LogP contribution in [0.1, 0.15) is 33.2 Å². The van der Waals surface area contributed by atoms with Gasteiger partial charge in [0, 0.05) is 23.4 Å². The standard InChI is InChI=1S/C17H15NO2/c1-12(19)14-7-8-16-15(11-14)9-10-18(16)17(20)13-5-3-2-4-6-13/h2-8,11H,9-10H2,1H3. The highest BCUT2D eigenvalue weighted by Gasteiger charge is 2.25. The van der Waals surface area contributed by atoms with Gasteiger partial charge >= 0.3 is 0 Å². The number of anilines is 1. The molecule has 0 saturated carbocycles. The molecule has 0 aliphatic carbocycles. The maximum absolute atomic E-state index is 12.5. The largest absolute Gasteiger partial charge is 0.308 e. The zero-order chi connectivity index (χ0) is 14.1. The van der Waals surface area contributed by atoms with Crippen molar-refractivity contribution >= 4 is 17.4 Å². The summed E-state index contributed by atoms with van der Waals surface area (Å²) in [6.07, 6.45) is 0.801. The molecule has 1 aliphatic heterocycles. The number of hydrogen-bond acceptors (Lipinski definition) is 2. The second kappa shape index (κ2) is 4.93. The van der Waals surface area contributed by atoms with Crippen LogP contribution in [0.15, 0.2) is 48.5 Å². The van der Waals surface area contributed by atoms with Crippen LogP contribution >= 0.6 is 0 Å². The summed E-state index contributed by atoms with van der Waals surface area (Å²) in [7, 11) is 0. The number of ketones is 1. The van der Waals surface area contributed by atoms with Gasteiger partial charge in [0.25, 0.3) is 5.91 Å². The first-order valence-corrected chi connectivity index (χ1v) is 6.67. The minimum Gasteiger partial charge on any atom is -0.308 e. The molecule has 0 N–H and O–H groups in total. The molecule has 0 bridgehead atoms. The van der Waals surface area contributed by atoms with Crippen LogP contribution in [-0.4, -0.2) is 18.2 Å². The molecule has 20 heavy (non-hydrogen) atoms. The molecule has 0 saturated heterocycles. The van der Waals surface area contributed by atoms with Crippen LogP contribution < -0.4 is 4.90 Å². The Morgan fingerprint density at radius 2 is 1.75 bits per heavy atom. The van der Waals surface area contributed by atoms with E-state index in [1.165, 1.54) is 0 Å². The molecule has 0 atom stereocenters. The summed E-state index contributed by atoms with van der Waals surface area (Å²) in [6.45, 7) is 2.23. The molecule has 100 valence electrons. The lowest BCUT2D eigenvalue weighted by Crippen LogP contribution is -2.28. The predicted octanol–water partition coefficient (Wildman–Crippen LogP) is 3.09. The Hall–Kier alpha value is -2.42. The number of carbonyl (C=O) groups is 2. The van der Waals surface area contributed by atoms with Gasteiger partial charge in [0.1, 0.15) is 0 Å². The molecule has 2 aromatic rings. The first-order chi connectivity index (χ1) is 9.66.